The van der Waals surface area contributed by atoms with E-state index in [4.69, 9.17) is 51.6 Å². The molecule has 0 amide bonds. The Balaban J connectivity index is 1.56. The monoisotopic (exact) mass is 648 g/mol. The summed E-state index contributed by atoms with van der Waals surface area (Å²) in [4.78, 5) is 53.2. The lowest BCUT2D eigenvalue weighted by Crippen LogP contribution is -2.52. The number of imidazole rings is 1. The minimum atomic E-state index is -1.05. The average molecular weight is 650 g/mol. The fraction of sp³-hybridized carbons (Fsp3) is 0.345. The molecule has 0 spiro atoms. The Hall–Kier alpha value is -3.58. The molecule has 1 aliphatic heterocycles. The summed E-state index contributed by atoms with van der Waals surface area (Å²) in [7, 11) is 0. The number of aromatic nitrogens is 2. The number of benzene rings is 2. The Bertz CT molecular complexity index is 1770. The Kier molecular flexibility index (Phi) is 9.30. The van der Waals surface area contributed by atoms with Gasteiger partial charge in [0.25, 0.3) is 0 Å². The van der Waals surface area contributed by atoms with E-state index in [0.29, 0.717) is 27.3 Å². The van der Waals surface area contributed by atoms with Crippen LogP contribution in [0.15, 0.2) is 56.8 Å². The Morgan fingerprint density at radius 2 is 1.74 bits per heavy atom. The quantitative estimate of drug-likeness (QED) is 0.104. The van der Waals surface area contributed by atoms with Gasteiger partial charge in [0.1, 0.15) is 30.6 Å². The van der Waals surface area contributed by atoms with Crippen LogP contribution >= 0.6 is 35.0 Å². The molecule has 11 nitrogen and oxygen atoms in total. The summed E-state index contributed by atoms with van der Waals surface area (Å²) in [5.41, 5.74) is 1.46. The number of thioether (sulfide) groups is 1. The third kappa shape index (κ3) is 6.98. The van der Waals surface area contributed by atoms with Crippen LogP contribution < -0.4 is 5.63 Å². The van der Waals surface area contributed by atoms with Gasteiger partial charge in [-0.1, -0.05) is 53.2 Å². The number of nitrogens with zero attached hydrogens (tertiary/aromatic N) is 2. The number of fused-ring (bicyclic) bond motifs is 2. The van der Waals surface area contributed by atoms with Crippen LogP contribution in [0.2, 0.25) is 10.0 Å². The van der Waals surface area contributed by atoms with E-state index in [1.165, 1.54) is 32.5 Å². The molecule has 0 radical (unpaired) electrons. The zero-order valence-electron chi connectivity index (χ0n) is 23.2. The van der Waals surface area contributed by atoms with E-state index >= 15 is 0 Å². The summed E-state index contributed by atoms with van der Waals surface area (Å²) in [5, 5.41) is 1.76. The number of carbonyl (C=O) groups excluding carboxylic acids is 3. The SMILES string of the molecule is CC(=O)OCC1OC(n2c(SCc3cc4ccccc4oc3=O)nc3cc(Cl)c(Cl)cc32)CC(OC(C)=O)C1OC(C)=O. The summed E-state index contributed by atoms with van der Waals surface area (Å²) in [6.45, 7) is 3.41. The van der Waals surface area contributed by atoms with E-state index in [2.05, 4.69) is 0 Å². The molecule has 3 heterocycles. The van der Waals surface area contributed by atoms with Crippen LogP contribution in [0.4, 0.5) is 0 Å². The maximum absolute atomic E-state index is 12.7. The highest BCUT2D eigenvalue weighted by Gasteiger charge is 2.45. The van der Waals surface area contributed by atoms with Gasteiger partial charge in [0, 0.05) is 43.9 Å². The number of para-hydroxylation sites is 1. The highest BCUT2D eigenvalue weighted by atomic mass is 35.5. The van der Waals surface area contributed by atoms with E-state index in [9.17, 15) is 19.2 Å². The van der Waals surface area contributed by atoms with Crippen molar-refractivity contribution in [1.82, 2.24) is 9.55 Å². The molecule has 1 saturated heterocycles. The third-order valence-corrected chi connectivity index (χ3v) is 8.35. The highest BCUT2D eigenvalue weighted by molar-refractivity contribution is 7.98. The molecule has 226 valence electrons. The van der Waals surface area contributed by atoms with Crippen LogP contribution in [0.1, 0.15) is 39.0 Å². The van der Waals surface area contributed by atoms with Crippen LogP contribution in [-0.4, -0.2) is 52.4 Å². The average Bonchev–Trinajstić information content (AvgIpc) is 3.28. The second kappa shape index (κ2) is 13.0. The van der Waals surface area contributed by atoms with Crippen LogP contribution in [0.25, 0.3) is 22.0 Å². The predicted molar refractivity (Wildman–Crippen MR) is 158 cm³/mol. The Labute approximate surface area is 259 Å². The van der Waals surface area contributed by atoms with Gasteiger partial charge >= 0.3 is 23.5 Å². The summed E-state index contributed by atoms with van der Waals surface area (Å²) in [6, 6.07) is 12.2. The molecule has 1 fully saturated rings. The molecule has 2 aromatic carbocycles. The van der Waals surface area contributed by atoms with Gasteiger partial charge in [-0.2, -0.15) is 0 Å². The molecule has 4 atom stereocenters. The van der Waals surface area contributed by atoms with Crippen molar-refractivity contribution in [2.24, 2.45) is 0 Å². The van der Waals surface area contributed by atoms with Gasteiger partial charge in [-0.25, -0.2) is 9.78 Å². The van der Waals surface area contributed by atoms with Gasteiger partial charge < -0.3 is 23.4 Å². The van der Waals surface area contributed by atoms with Crippen molar-refractivity contribution in [3.63, 3.8) is 0 Å². The van der Waals surface area contributed by atoms with Crippen molar-refractivity contribution < 1.29 is 37.7 Å². The number of carbonyl (C=O) groups is 3. The normalized spacial score (nSPS) is 20.2. The van der Waals surface area contributed by atoms with Crippen molar-refractivity contribution >= 4 is 74.9 Å². The third-order valence-electron chi connectivity index (χ3n) is 6.63. The minimum absolute atomic E-state index is 0.0471. The fourth-order valence-electron chi connectivity index (χ4n) is 4.87. The van der Waals surface area contributed by atoms with Gasteiger partial charge in [-0.15, -0.1) is 0 Å². The van der Waals surface area contributed by atoms with Crippen molar-refractivity contribution in [3.8, 4) is 0 Å². The predicted octanol–water partition coefficient (Wildman–Crippen LogP) is 5.46. The smallest absolute Gasteiger partial charge is 0.340 e. The molecular weight excluding hydrogens is 623 g/mol. The number of rotatable bonds is 8. The first-order valence-corrected chi connectivity index (χ1v) is 14.9. The molecule has 5 rings (SSSR count). The maximum Gasteiger partial charge on any atom is 0.340 e. The molecule has 2 aromatic heterocycles. The number of ether oxygens (including phenoxy) is 4. The molecule has 43 heavy (non-hydrogen) atoms. The molecular formula is C29H26Cl2N2O9S. The van der Waals surface area contributed by atoms with Crippen LogP contribution in [0, 0.1) is 0 Å². The lowest BCUT2D eigenvalue weighted by Gasteiger charge is -2.40. The number of hydrogen-bond donors (Lipinski definition) is 0. The van der Waals surface area contributed by atoms with E-state index in [1.807, 2.05) is 12.1 Å². The van der Waals surface area contributed by atoms with E-state index in [0.717, 1.165) is 5.39 Å². The van der Waals surface area contributed by atoms with Crippen molar-refractivity contribution in [3.05, 3.63) is 68.5 Å². The fourth-order valence-corrected chi connectivity index (χ4v) is 6.19. The number of hydrogen-bond acceptors (Lipinski definition) is 11. The second-order valence-electron chi connectivity index (χ2n) is 9.79. The Morgan fingerprint density at radius 3 is 2.47 bits per heavy atom. The summed E-state index contributed by atoms with van der Waals surface area (Å²) >= 11 is 13.9. The lowest BCUT2D eigenvalue weighted by molar-refractivity contribution is -0.227. The molecule has 0 N–H and O–H groups in total. The summed E-state index contributed by atoms with van der Waals surface area (Å²) < 4.78 is 29.9. The lowest BCUT2D eigenvalue weighted by atomic mass is 10.00. The Morgan fingerprint density at radius 1 is 1.02 bits per heavy atom. The van der Waals surface area contributed by atoms with Crippen molar-refractivity contribution in [2.45, 2.75) is 62.6 Å². The van der Waals surface area contributed by atoms with E-state index < -0.39 is 48.1 Å². The van der Waals surface area contributed by atoms with Gasteiger partial charge in [-0.05, 0) is 24.3 Å². The molecule has 4 unspecified atom stereocenters. The van der Waals surface area contributed by atoms with Crippen LogP contribution in [0.5, 0.6) is 0 Å². The van der Waals surface area contributed by atoms with Gasteiger partial charge in [0.15, 0.2) is 11.3 Å². The van der Waals surface area contributed by atoms with Crippen molar-refractivity contribution in [2.75, 3.05) is 6.61 Å². The second-order valence-corrected chi connectivity index (χ2v) is 11.6. The molecule has 14 heteroatoms. The van der Waals surface area contributed by atoms with Crippen LogP contribution in [0.3, 0.4) is 0 Å². The topological polar surface area (TPSA) is 136 Å². The summed E-state index contributed by atoms with van der Waals surface area (Å²) in [6.07, 6.45) is -3.81. The first-order chi connectivity index (χ1) is 20.5. The van der Waals surface area contributed by atoms with Gasteiger partial charge in [-0.3, -0.25) is 19.0 Å². The maximum atomic E-state index is 12.7. The first-order valence-electron chi connectivity index (χ1n) is 13.1. The van der Waals surface area contributed by atoms with Gasteiger partial charge in [0.05, 0.1) is 21.1 Å². The first kappa shape index (κ1) is 30.9. The van der Waals surface area contributed by atoms with Crippen molar-refractivity contribution in [1.29, 1.82) is 0 Å². The number of halogens is 2. The summed E-state index contributed by atoms with van der Waals surface area (Å²) in [5.74, 6) is -1.60. The van der Waals surface area contributed by atoms with E-state index in [1.54, 1.807) is 34.9 Å². The highest BCUT2D eigenvalue weighted by Crippen LogP contribution is 2.39. The molecule has 1 aliphatic rings. The molecule has 4 aromatic rings. The largest absolute Gasteiger partial charge is 0.463 e. The molecule has 0 saturated carbocycles. The van der Waals surface area contributed by atoms with Crippen LogP contribution in [-0.2, 0) is 39.1 Å². The standard InChI is InChI=1S/C29H26Cl2N2O9S/c1-14(34)38-12-25-27(40-16(3)36)24(39-15(2)35)11-26(41-25)33-22-10-20(31)19(30)9-21(22)32-29(33)43-13-18-8-17-6-4-5-7-23(17)42-28(18)37/h4-10,24-27H,11-13H2,1-3H3. The number of esters is 3. The van der Waals surface area contributed by atoms with Gasteiger partial charge in [0.2, 0.25) is 0 Å². The zero-order valence-corrected chi connectivity index (χ0v) is 25.5. The molecule has 0 aliphatic carbocycles. The zero-order chi connectivity index (χ0) is 30.8. The van der Waals surface area contributed by atoms with E-state index in [-0.39, 0.29) is 28.8 Å². The minimum Gasteiger partial charge on any atom is -0.463 e. The molecule has 0 bridgehead atoms.